The fourth-order valence-electron chi connectivity index (χ4n) is 0.587. The predicted molar refractivity (Wildman–Crippen MR) is 43.5 cm³/mol. The summed E-state index contributed by atoms with van der Waals surface area (Å²) in [6.45, 7) is 0. The molecule has 13 heavy (non-hydrogen) atoms. The van der Waals surface area contributed by atoms with Crippen LogP contribution in [0, 0.1) is 11.1 Å². The average Bonchev–Trinajstić information content (AvgIpc) is 2.19. The standard InChI is InChI=1S/C6H7N3O.H2N3/c7-9-6(10)5-1-3-8-4-2-5;1-3-2/h1-4H,7H2,(H,9,10);1-2H/q;+1. The van der Waals surface area contributed by atoms with Crippen LogP contribution in [0.4, 0.5) is 0 Å². The maximum absolute atomic E-state index is 10.7. The Kier molecular flexibility index (Phi) is 5.52. The summed E-state index contributed by atoms with van der Waals surface area (Å²) < 4.78 is 0. The van der Waals surface area contributed by atoms with Crippen LogP contribution in [0.1, 0.15) is 10.4 Å². The van der Waals surface area contributed by atoms with Crippen molar-refractivity contribution in [3.63, 3.8) is 0 Å². The number of amides is 1. The van der Waals surface area contributed by atoms with Crippen molar-refractivity contribution < 1.29 is 4.79 Å². The van der Waals surface area contributed by atoms with Gasteiger partial charge in [-0.25, -0.2) is 5.84 Å². The third-order valence-electron chi connectivity index (χ3n) is 1.07. The topological polar surface area (TPSA) is 130 Å². The molecule has 0 spiro atoms. The normalized spacial score (nSPS) is 7.46. The Morgan fingerprint density at radius 2 is 1.92 bits per heavy atom. The number of carbonyl (C=O) groups excluding carboxylic acids is 1. The smallest absolute Gasteiger partial charge is 0.265 e. The van der Waals surface area contributed by atoms with Crippen molar-refractivity contribution in [2.45, 2.75) is 0 Å². The minimum Gasteiger partial charge on any atom is -0.290 e. The Bertz CT molecular complexity index is 291. The number of nitrogen functional groups attached to an aromatic ring is 1. The second-order valence-electron chi connectivity index (χ2n) is 1.82. The number of hydrogen-bond donors (Lipinski definition) is 4. The van der Waals surface area contributed by atoms with Gasteiger partial charge in [-0.05, 0) is 12.1 Å². The van der Waals surface area contributed by atoms with Gasteiger partial charge in [0.1, 0.15) is 11.1 Å². The number of nitrogens with zero attached hydrogens (tertiary/aromatic N) is 2. The first-order valence-electron chi connectivity index (χ1n) is 3.20. The Hall–Kier alpha value is -2.11. The van der Waals surface area contributed by atoms with Gasteiger partial charge in [0.2, 0.25) is 4.91 Å². The van der Waals surface area contributed by atoms with Gasteiger partial charge in [-0.3, -0.25) is 15.2 Å². The minimum atomic E-state index is -0.303. The highest BCUT2D eigenvalue weighted by Gasteiger charge is 1.98. The van der Waals surface area contributed by atoms with Crippen LogP contribution in [0.15, 0.2) is 24.5 Å². The van der Waals surface area contributed by atoms with Gasteiger partial charge < -0.3 is 0 Å². The number of pyridine rings is 1. The van der Waals surface area contributed by atoms with Gasteiger partial charge in [0.25, 0.3) is 5.91 Å². The van der Waals surface area contributed by atoms with Crippen molar-refractivity contribution >= 4 is 5.91 Å². The summed E-state index contributed by atoms with van der Waals surface area (Å²) in [7, 11) is 0. The Balaban J connectivity index is 0.000000424. The first-order chi connectivity index (χ1) is 6.26. The number of aromatic nitrogens is 1. The number of carbonyl (C=O) groups is 1. The van der Waals surface area contributed by atoms with Gasteiger partial charge >= 0.3 is 0 Å². The molecule has 0 saturated carbocycles. The molecule has 1 heterocycles. The highest BCUT2D eigenvalue weighted by atomic mass is 16.2. The molecule has 68 valence electrons. The molecule has 0 aromatic carbocycles. The summed E-state index contributed by atoms with van der Waals surface area (Å²) in [6, 6.07) is 3.17. The third-order valence-corrected chi connectivity index (χ3v) is 1.07. The monoisotopic (exact) mass is 181 g/mol. The molecule has 0 bridgehead atoms. The first kappa shape index (κ1) is 10.9. The van der Waals surface area contributed by atoms with E-state index in [0.29, 0.717) is 5.56 Å². The molecule has 0 radical (unpaired) electrons. The number of rotatable bonds is 1. The molecule has 0 aliphatic heterocycles. The molecular formula is C6H9N6O+. The van der Waals surface area contributed by atoms with Crippen LogP contribution in [0.25, 0.3) is 0 Å². The van der Waals surface area contributed by atoms with Gasteiger partial charge in [-0.1, -0.05) is 0 Å². The lowest BCUT2D eigenvalue weighted by molar-refractivity contribution is 0.0953. The zero-order valence-corrected chi connectivity index (χ0v) is 6.69. The maximum Gasteiger partial charge on any atom is 0.265 e. The number of nitrogens with one attached hydrogen (secondary N) is 3. The van der Waals surface area contributed by atoms with E-state index in [0.717, 1.165) is 0 Å². The number of hydrazine groups is 1. The summed E-state index contributed by atoms with van der Waals surface area (Å²) in [5.74, 6) is 4.58. The molecule has 0 aliphatic rings. The van der Waals surface area contributed by atoms with Crippen LogP contribution >= 0.6 is 0 Å². The molecule has 1 aromatic rings. The number of hydrogen-bond acceptors (Lipinski definition) is 5. The van der Waals surface area contributed by atoms with Crippen molar-refractivity contribution in [3.8, 4) is 0 Å². The van der Waals surface area contributed by atoms with Crippen molar-refractivity contribution in [3.05, 3.63) is 30.1 Å². The Labute approximate surface area is 74.0 Å². The highest BCUT2D eigenvalue weighted by molar-refractivity contribution is 5.93. The van der Waals surface area contributed by atoms with Crippen LogP contribution in [-0.2, 0) is 0 Å². The van der Waals surface area contributed by atoms with E-state index < -0.39 is 0 Å². The number of nitrogens with two attached hydrogens (primary N) is 1. The van der Waals surface area contributed by atoms with Crippen LogP contribution in [0.2, 0.25) is 0 Å². The van der Waals surface area contributed by atoms with E-state index in [1.807, 2.05) is 10.3 Å². The van der Waals surface area contributed by atoms with Crippen LogP contribution < -0.4 is 16.2 Å². The van der Waals surface area contributed by atoms with E-state index >= 15 is 0 Å². The second-order valence-corrected chi connectivity index (χ2v) is 1.82. The lowest BCUT2D eigenvalue weighted by Gasteiger charge is -1.95. The van der Waals surface area contributed by atoms with E-state index in [-0.39, 0.29) is 5.91 Å². The summed E-state index contributed by atoms with van der Waals surface area (Å²) >= 11 is 0. The Morgan fingerprint density at radius 3 is 2.31 bits per heavy atom. The fraction of sp³-hybridized carbons (Fsp3) is 0. The van der Waals surface area contributed by atoms with E-state index in [1.54, 1.807) is 12.1 Å². The molecule has 0 atom stereocenters. The van der Waals surface area contributed by atoms with E-state index in [2.05, 4.69) is 4.98 Å². The van der Waals surface area contributed by atoms with Crippen molar-refractivity contribution in [2.75, 3.05) is 0 Å². The second kappa shape index (κ2) is 6.59. The Morgan fingerprint density at radius 1 is 1.46 bits per heavy atom. The first-order valence-corrected chi connectivity index (χ1v) is 3.20. The zero-order valence-electron chi connectivity index (χ0n) is 6.69. The van der Waals surface area contributed by atoms with E-state index in [1.165, 1.54) is 12.4 Å². The summed E-state index contributed by atoms with van der Waals surface area (Å²) in [5, 5.41) is 0. The predicted octanol–water partition coefficient (Wildman–Crippen LogP) is -0.199. The third kappa shape index (κ3) is 4.35. The van der Waals surface area contributed by atoms with E-state index in [4.69, 9.17) is 16.9 Å². The largest absolute Gasteiger partial charge is 0.290 e. The van der Waals surface area contributed by atoms with Gasteiger partial charge in [-0.15, -0.1) is 0 Å². The van der Waals surface area contributed by atoms with Crippen molar-refractivity contribution in [1.29, 1.82) is 11.1 Å². The minimum absolute atomic E-state index is 0.303. The molecule has 1 aromatic heterocycles. The van der Waals surface area contributed by atoms with Crippen molar-refractivity contribution in [1.82, 2.24) is 15.3 Å². The summed E-state index contributed by atoms with van der Waals surface area (Å²) in [5.41, 5.74) is 13.5. The van der Waals surface area contributed by atoms with E-state index in [9.17, 15) is 4.79 Å². The van der Waals surface area contributed by atoms with Gasteiger partial charge in [0.15, 0.2) is 0 Å². The van der Waals surface area contributed by atoms with Crippen LogP contribution in [0.5, 0.6) is 0 Å². The summed E-state index contributed by atoms with van der Waals surface area (Å²) in [4.78, 5) is 16.5. The fourth-order valence-corrected chi connectivity index (χ4v) is 0.587. The van der Waals surface area contributed by atoms with Gasteiger partial charge in [0, 0.05) is 18.0 Å². The summed E-state index contributed by atoms with van der Waals surface area (Å²) in [6.07, 6.45) is 3.06. The van der Waals surface area contributed by atoms with Crippen molar-refractivity contribution in [2.24, 2.45) is 5.84 Å². The maximum atomic E-state index is 10.7. The molecule has 0 unspecified atom stereocenters. The quantitative estimate of drug-likeness (QED) is 0.157. The zero-order chi connectivity index (χ0) is 10.1. The molecule has 0 saturated heterocycles. The average molecular weight is 181 g/mol. The molecule has 7 heteroatoms. The van der Waals surface area contributed by atoms with Gasteiger partial charge in [-0.2, -0.15) is 0 Å². The van der Waals surface area contributed by atoms with Gasteiger partial charge in [0.05, 0.1) is 0 Å². The van der Waals surface area contributed by atoms with Crippen LogP contribution in [0.3, 0.4) is 0 Å². The molecule has 5 N–H and O–H groups in total. The molecule has 0 aliphatic carbocycles. The lowest BCUT2D eigenvalue weighted by Crippen LogP contribution is -2.29. The molecule has 1 amide bonds. The molecular weight excluding hydrogens is 172 g/mol. The molecule has 7 nitrogen and oxygen atoms in total. The lowest BCUT2D eigenvalue weighted by atomic mass is 10.3. The molecule has 0 fully saturated rings. The van der Waals surface area contributed by atoms with Crippen LogP contribution in [-0.4, -0.2) is 10.9 Å². The SMILES string of the molecule is N=[N+]=N.NNC(=O)c1ccncc1. The highest BCUT2D eigenvalue weighted by Crippen LogP contribution is 1.93. The molecule has 1 rings (SSSR count).